The molecule has 53 heavy (non-hydrogen) atoms. The Morgan fingerprint density at radius 3 is 0.528 bits per heavy atom. The second-order valence-corrected chi connectivity index (χ2v) is 16.6. The Labute approximate surface area is 344 Å². The van der Waals surface area contributed by atoms with Gasteiger partial charge in [0, 0.05) is 0 Å². The van der Waals surface area contributed by atoms with E-state index in [4.69, 9.17) is 0 Å². The van der Waals surface area contributed by atoms with Gasteiger partial charge in [-0.25, -0.2) is 0 Å². The third-order valence-electron chi connectivity index (χ3n) is 12.1. The van der Waals surface area contributed by atoms with Gasteiger partial charge in [0.1, 0.15) is 0 Å². The Morgan fingerprint density at radius 1 is 0.189 bits per heavy atom. The van der Waals surface area contributed by atoms with Crippen molar-refractivity contribution in [3.8, 4) is 0 Å². The minimum absolute atomic E-state index is 0. The first kappa shape index (κ1) is 62.2. The fraction of sp³-hybridized carbons (Fsp3) is 1.00. The van der Waals surface area contributed by atoms with Crippen molar-refractivity contribution >= 4 is 0 Å². The maximum Gasteiger partial charge on any atom is -0.0386 e. The van der Waals surface area contributed by atoms with E-state index in [1.807, 2.05) is 55.4 Å². The zero-order valence-electron chi connectivity index (χ0n) is 38.6. The van der Waals surface area contributed by atoms with Crippen molar-refractivity contribution in [1.82, 2.24) is 0 Å². The minimum atomic E-state index is 0. The summed E-state index contributed by atoms with van der Waals surface area (Å²) in [6, 6.07) is 0. The highest BCUT2D eigenvalue weighted by molar-refractivity contribution is 4.75. The van der Waals surface area contributed by atoms with Crippen LogP contribution in [0.25, 0.3) is 0 Å². The summed E-state index contributed by atoms with van der Waals surface area (Å²) in [4.78, 5) is 0. The van der Waals surface area contributed by atoms with E-state index in [2.05, 4.69) is 20.8 Å². The fourth-order valence-electron chi connectivity index (χ4n) is 8.91. The molecule has 5 aliphatic rings. The molecule has 0 heteroatoms. The van der Waals surface area contributed by atoms with Crippen molar-refractivity contribution in [1.29, 1.82) is 0 Å². The van der Waals surface area contributed by atoms with Gasteiger partial charge in [-0.2, -0.15) is 0 Å². The van der Waals surface area contributed by atoms with E-state index in [1.54, 1.807) is 25.7 Å². The van der Waals surface area contributed by atoms with Gasteiger partial charge in [-0.3, -0.25) is 0 Å². The van der Waals surface area contributed by atoms with Crippen molar-refractivity contribution in [3.05, 3.63) is 0 Å². The molecule has 0 nitrogen and oxygen atoms in total. The van der Waals surface area contributed by atoms with Gasteiger partial charge in [-0.15, -0.1) is 0 Å². The molecule has 0 radical (unpaired) electrons. The molecule has 5 saturated carbocycles. The molecule has 0 aliphatic heterocycles. The second-order valence-electron chi connectivity index (χ2n) is 16.6. The standard InChI is InChI=1S/C17H32.2C9H18.C8H16.4C2H6.2CH4/c1-15-9-7-13-17(14-8-10-15)16-11-5-3-2-4-6-12-16;2*1-9-7-5-3-2-4-6-8-9;1-2-4-6-8-7-5-3-1;4*1-2;;/h15-17H,2-14H2,1H3;2*9H,2-8H2,1H3;1-8H2;4*1-2H3;2*1H4. The van der Waals surface area contributed by atoms with Crippen molar-refractivity contribution in [3.63, 3.8) is 0 Å². The van der Waals surface area contributed by atoms with Gasteiger partial charge >= 0.3 is 0 Å². The molecule has 0 bridgehead atoms. The summed E-state index contributed by atoms with van der Waals surface area (Å²) in [5, 5.41) is 0. The van der Waals surface area contributed by atoms with Crippen LogP contribution in [0.2, 0.25) is 0 Å². The van der Waals surface area contributed by atoms with Gasteiger partial charge in [-0.05, 0) is 29.6 Å². The molecule has 0 spiro atoms. The lowest BCUT2D eigenvalue weighted by molar-refractivity contribution is 0.210. The molecule has 0 aromatic heterocycles. The fourth-order valence-corrected chi connectivity index (χ4v) is 8.91. The zero-order valence-corrected chi connectivity index (χ0v) is 38.6. The van der Waals surface area contributed by atoms with Crippen LogP contribution >= 0.6 is 0 Å². The SMILES string of the molecule is C.C.C1CCCCCCC1.CC.CC.CC.CC.CC1CCCC(C2CCCCCCC2)CCC1.CC1CCCCCCC1.CC1CCCCCCC1. The Hall–Kier alpha value is 0. The van der Waals surface area contributed by atoms with E-state index in [-0.39, 0.29) is 14.9 Å². The van der Waals surface area contributed by atoms with Crippen LogP contribution in [0.5, 0.6) is 0 Å². The molecule has 0 unspecified atom stereocenters. The first-order valence-electron chi connectivity index (χ1n) is 25.1. The third-order valence-corrected chi connectivity index (χ3v) is 12.1. The molecule has 5 fully saturated rings. The van der Waals surface area contributed by atoms with E-state index in [0.29, 0.717) is 0 Å². The first-order valence-corrected chi connectivity index (χ1v) is 25.1. The molecule has 5 rings (SSSR count). The van der Waals surface area contributed by atoms with Crippen molar-refractivity contribution < 1.29 is 0 Å². The predicted octanol–water partition coefficient (Wildman–Crippen LogP) is 21.2. The van der Waals surface area contributed by atoms with Crippen LogP contribution in [-0.4, -0.2) is 0 Å². The van der Waals surface area contributed by atoms with E-state index < -0.39 is 0 Å². The summed E-state index contributed by atoms with van der Waals surface area (Å²) >= 11 is 0. The maximum atomic E-state index is 2.45. The smallest absolute Gasteiger partial charge is 0.0386 e. The van der Waals surface area contributed by atoms with E-state index in [0.717, 1.165) is 29.6 Å². The number of hydrogen-bond acceptors (Lipinski definition) is 0. The normalized spacial score (nSPS) is 23.6. The van der Waals surface area contributed by atoms with Crippen LogP contribution in [-0.2, 0) is 0 Å². The van der Waals surface area contributed by atoms with Gasteiger partial charge in [0.15, 0.2) is 0 Å². The summed E-state index contributed by atoms with van der Waals surface area (Å²) < 4.78 is 0. The average Bonchev–Trinajstić information content (AvgIpc) is 3.11. The highest BCUT2D eigenvalue weighted by Crippen LogP contribution is 2.36. The lowest BCUT2D eigenvalue weighted by Gasteiger charge is -2.31. The monoisotopic (exact) mass is 753 g/mol. The minimum Gasteiger partial charge on any atom is -0.0776 e. The van der Waals surface area contributed by atoms with E-state index >= 15 is 0 Å². The second kappa shape index (κ2) is 54.1. The molecule has 0 amide bonds. The molecule has 0 heterocycles. The number of rotatable bonds is 1. The van der Waals surface area contributed by atoms with Crippen molar-refractivity contribution in [2.45, 2.75) is 316 Å². The van der Waals surface area contributed by atoms with Crippen LogP contribution in [0, 0.1) is 29.6 Å². The Kier molecular flexibility index (Phi) is 63.5. The van der Waals surface area contributed by atoms with Gasteiger partial charge in [-0.1, -0.05) is 316 Å². The lowest BCUT2D eigenvalue weighted by Crippen LogP contribution is -2.18. The zero-order chi connectivity index (χ0) is 38.6. The average molecular weight is 754 g/mol. The summed E-state index contributed by atoms with van der Waals surface area (Å²) in [5.41, 5.74) is 0. The summed E-state index contributed by atoms with van der Waals surface area (Å²) in [6.45, 7) is 23.2. The van der Waals surface area contributed by atoms with Gasteiger partial charge in [0.25, 0.3) is 0 Å². The molecule has 0 aromatic rings. The molecule has 0 saturated heterocycles. The highest BCUT2D eigenvalue weighted by Gasteiger charge is 2.23. The molecule has 5 aliphatic carbocycles. The van der Waals surface area contributed by atoms with Crippen molar-refractivity contribution in [2.24, 2.45) is 29.6 Å². The summed E-state index contributed by atoms with van der Waals surface area (Å²) in [6.07, 6.45) is 52.7. The lowest BCUT2D eigenvalue weighted by atomic mass is 9.75. The Bertz CT molecular complexity index is 486. The summed E-state index contributed by atoms with van der Waals surface area (Å²) in [7, 11) is 0. The Balaban J connectivity index is -0.000000186. The van der Waals surface area contributed by atoms with Crippen molar-refractivity contribution in [2.75, 3.05) is 0 Å². The Morgan fingerprint density at radius 2 is 0.321 bits per heavy atom. The summed E-state index contributed by atoms with van der Waals surface area (Å²) in [5.74, 6) is 5.24. The largest absolute Gasteiger partial charge is 0.0776 e. The third kappa shape index (κ3) is 44.6. The van der Waals surface area contributed by atoms with E-state index in [9.17, 15) is 0 Å². The van der Waals surface area contributed by atoms with Crippen LogP contribution in [0.1, 0.15) is 316 Å². The van der Waals surface area contributed by atoms with Gasteiger partial charge in [0.05, 0.1) is 0 Å². The molecular weight excluding hydrogens is 637 g/mol. The van der Waals surface area contributed by atoms with Crippen LogP contribution < -0.4 is 0 Å². The predicted molar refractivity (Wildman–Crippen MR) is 255 cm³/mol. The molecule has 0 N–H and O–H groups in total. The maximum absolute atomic E-state index is 2.45. The number of hydrogen-bond donors (Lipinski definition) is 0. The molecular formula is C53H116. The molecule has 328 valence electrons. The molecule has 0 aromatic carbocycles. The van der Waals surface area contributed by atoms with Crippen LogP contribution in [0.15, 0.2) is 0 Å². The highest BCUT2D eigenvalue weighted by atomic mass is 14.3. The van der Waals surface area contributed by atoms with Crippen LogP contribution in [0.4, 0.5) is 0 Å². The topological polar surface area (TPSA) is 0 Å². The van der Waals surface area contributed by atoms with Crippen LogP contribution in [0.3, 0.4) is 0 Å². The van der Waals surface area contributed by atoms with Gasteiger partial charge < -0.3 is 0 Å². The van der Waals surface area contributed by atoms with E-state index in [1.165, 1.54) is 199 Å². The first-order chi connectivity index (χ1) is 25.1. The molecule has 0 atom stereocenters. The van der Waals surface area contributed by atoms with Gasteiger partial charge in [0.2, 0.25) is 0 Å². The quantitative estimate of drug-likeness (QED) is 0.250.